The number of carbonyl (C=O) groups excluding carboxylic acids is 2. The molecule has 0 saturated heterocycles. The Hall–Kier alpha value is -1.10. The molecule has 0 bridgehead atoms. The molecule has 0 saturated carbocycles. The van der Waals surface area contributed by atoms with Crippen LogP contribution in [0.25, 0.3) is 0 Å². The summed E-state index contributed by atoms with van der Waals surface area (Å²) in [6, 6.07) is -0.581. The molecule has 0 aliphatic rings. The van der Waals surface area contributed by atoms with Gasteiger partial charge in [0.15, 0.2) is 0 Å². The van der Waals surface area contributed by atoms with Gasteiger partial charge in [-0.15, -0.1) is 0 Å². The number of nitrogens with two attached hydrogens (primary N) is 1. The van der Waals surface area contributed by atoms with Crippen molar-refractivity contribution in [3.63, 3.8) is 0 Å². The minimum Gasteiger partial charge on any atom is -0.466 e. The van der Waals surface area contributed by atoms with Gasteiger partial charge in [-0.2, -0.15) is 0 Å². The average Bonchev–Trinajstić information content (AvgIpc) is 2.24. The summed E-state index contributed by atoms with van der Waals surface area (Å²) in [7, 11) is 0. The fraction of sp³-hybridized carbons (Fsp3) is 0.818. The number of ether oxygens (including phenoxy) is 2. The molecule has 0 aromatic heterocycles. The van der Waals surface area contributed by atoms with Gasteiger partial charge in [-0.3, -0.25) is 9.59 Å². The molecule has 0 radical (unpaired) electrons. The van der Waals surface area contributed by atoms with E-state index in [0.717, 1.165) is 6.42 Å². The molecule has 0 amide bonds. The molecule has 2 N–H and O–H groups in total. The highest BCUT2D eigenvalue weighted by molar-refractivity contribution is 5.75. The minimum atomic E-state index is -0.581. The number of unbranched alkanes of at least 4 members (excludes halogenated alkanes) is 1. The van der Waals surface area contributed by atoms with Gasteiger partial charge in [0.25, 0.3) is 0 Å². The number of carbonyl (C=O) groups is 2. The Kier molecular flexibility index (Phi) is 8.52. The summed E-state index contributed by atoms with van der Waals surface area (Å²) in [4.78, 5) is 22.1. The number of esters is 2. The SMILES string of the molecule is CCOC(=O)CCCCC(N)C(=O)OCC. The van der Waals surface area contributed by atoms with Gasteiger partial charge in [-0.1, -0.05) is 6.42 Å². The van der Waals surface area contributed by atoms with Crippen LogP contribution >= 0.6 is 0 Å². The summed E-state index contributed by atoms with van der Waals surface area (Å²) in [5.74, 6) is -0.578. The first-order valence-electron chi connectivity index (χ1n) is 5.69. The van der Waals surface area contributed by atoms with Crippen molar-refractivity contribution in [3.8, 4) is 0 Å². The molecule has 16 heavy (non-hydrogen) atoms. The van der Waals surface area contributed by atoms with Gasteiger partial charge in [0.05, 0.1) is 13.2 Å². The van der Waals surface area contributed by atoms with Crippen LogP contribution in [0.2, 0.25) is 0 Å². The third-order valence-corrected chi connectivity index (χ3v) is 2.04. The number of hydrogen-bond donors (Lipinski definition) is 1. The van der Waals surface area contributed by atoms with E-state index in [1.165, 1.54) is 0 Å². The predicted octanol–water partition coefficient (Wildman–Crippen LogP) is 1.00. The summed E-state index contributed by atoms with van der Waals surface area (Å²) in [5, 5.41) is 0. The molecule has 0 heterocycles. The molecule has 0 rings (SSSR count). The Morgan fingerprint density at radius 2 is 1.75 bits per heavy atom. The second-order valence-corrected chi connectivity index (χ2v) is 3.41. The summed E-state index contributed by atoms with van der Waals surface area (Å²) in [6.07, 6.45) is 2.33. The molecule has 0 aromatic carbocycles. The Labute approximate surface area is 96.3 Å². The van der Waals surface area contributed by atoms with Gasteiger partial charge in [-0.25, -0.2) is 0 Å². The molecule has 94 valence electrons. The molecule has 1 unspecified atom stereocenters. The van der Waals surface area contributed by atoms with Crippen LogP contribution in [0.5, 0.6) is 0 Å². The van der Waals surface area contributed by atoms with Crippen LogP contribution in [0.15, 0.2) is 0 Å². The second kappa shape index (κ2) is 9.15. The highest BCUT2D eigenvalue weighted by atomic mass is 16.5. The summed E-state index contributed by atoms with van der Waals surface area (Å²) >= 11 is 0. The Morgan fingerprint density at radius 1 is 1.12 bits per heavy atom. The zero-order chi connectivity index (χ0) is 12.4. The van der Waals surface area contributed by atoms with Crippen molar-refractivity contribution in [1.29, 1.82) is 0 Å². The highest BCUT2D eigenvalue weighted by Gasteiger charge is 2.13. The van der Waals surface area contributed by atoms with Crippen LogP contribution in [0.4, 0.5) is 0 Å². The molecule has 0 fully saturated rings. The predicted molar refractivity (Wildman–Crippen MR) is 59.7 cm³/mol. The van der Waals surface area contributed by atoms with Crippen molar-refractivity contribution in [2.24, 2.45) is 5.73 Å². The molecular weight excluding hydrogens is 210 g/mol. The van der Waals surface area contributed by atoms with E-state index in [1.807, 2.05) is 0 Å². The van der Waals surface area contributed by atoms with Crippen LogP contribution in [-0.4, -0.2) is 31.2 Å². The van der Waals surface area contributed by atoms with Crippen molar-refractivity contribution in [3.05, 3.63) is 0 Å². The lowest BCUT2D eigenvalue weighted by Gasteiger charge is -2.09. The fourth-order valence-corrected chi connectivity index (χ4v) is 1.23. The van der Waals surface area contributed by atoms with E-state index in [9.17, 15) is 9.59 Å². The molecule has 5 heteroatoms. The fourth-order valence-electron chi connectivity index (χ4n) is 1.23. The standard InChI is InChI=1S/C11H21NO4/c1-3-15-10(13)8-6-5-7-9(12)11(14)16-4-2/h9H,3-8,12H2,1-2H3. The third-order valence-electron chi connectivity index (χ3n) is 2.04. The molecule has 0 aromatic rings. The lowest BCUT2D eigenvalue weighted by molar-refractivity contribution is -0.144. The summed E-state index contributed by atoms with van der Waals surface area (Å²) < 4.78 is 9.54. The highest BCUT2D eigenvalue weighted by Crippen LogP contribution is 2.04. The zero-order valence-electron chi connectivity index (χ0n) is 10.0. The Morgan fingerprint density at radius 3 is 2.31 bits per heavy atom. The van der Waals surface area contributed by atoms with Crippen LogP contribution in [0.1, 0.15) is 39.5 Å². The van der Waals surface area contributed by atoms with E-state index in [-0.39, 0.29) is 11.9 Å². The van der Waals surface area contributed by atoms with Gasteiger partial charge < -0.3 is 15.2 Å². The van der Waals surface area contributed by atoms with E-state index < -0.39 is 6.04 Å². The molecular formula is C11H21NO4. The van der Waals surface area contributed by atoms with Crippen LogP contribution in [-0.2, 0) is 19.1 Å². The van der Waals surface area contributed by atoms with Crippen molar-refractivity contribution < 1.29 is 19.1 Å². The molecule has 0 aliphatic carbocycles. The Balaban J connectivity index is 3.51. The maximum absolute atomic E-state index is 11.1. The van der Waals surface area contributed by atoms with Crippen molar-refractivity contribution in [1.82, 2.24) is 0 Å². The quantitative estimate of drug-likeness (QED) is 0.498. The largest absolute Gasteiger partial charge is 0.466 e. The third kappa shape index (κ3) is 7.23. The van der Waals surface area contributed by atoms with Gasteiger partial charge in [-0.05, 0) is 26.7 Å². The lowest BCUT2D eigenvalue weighted by atomic mass is 10.1. The Bertz CT molecular complexity index is 218. The zero-order valence-corrected chi connectivity index (χ0v) is 10.0. The average molecular weight is 231 g/mol. The van der Waals surface area contributed by atoms with Crippen molar-refractivity contribution >= 4 is 11.9 Å². The topological polar surface area (TPSA) is 78.6 Å². The minimum absolute atomic E-state index is 0.202. The van der Waals surface area contributed by atoms with Gasteiger partial charge in [0.1, 0.15) is 6.04 Å². The van der Waals surface area contributed by atoms with E-state index in [2.05, 4.69) is 0 Å². The van der Waals surface area contributed by atoms with Gasteiger partial charge in [0.2, 0.25) is 0 Å². The van der Waals surface area contributed by atoms with Gasteiger partial charge in [0, 0.05) is 6.42 Å². The second-order valence-electron chi connectivity index (χ2n) is 3.41. The first-order chi connectivity index (χ1) is 7.61. The number of rotatable bonds is 8. The molecule has 0 aliphatic heterocycles. The first kappa shape index (κ1) is 14.9. The summed E-state index contributed by atoms with van der Waals surface area (Å²) in [6.45, 7) is 4.26. The van der Waals surface area contributed by atoms with Crippen LogP contribution in [0, 0.1) is 0 Å². The maximum Gasteiger partial charge on any atom is 0.322 e. The van der Waals surface area contributed by atoms with E-state index in [0.29, 0.717) is 32.5 Å². The first-order valence-corrected chi connectivity index (χ1v) is 5.69. The smallest absolute Gasteiger partial charge is 0.322 e. The maximum atomic E-state index is 11.1. The number of hydrogen-bond acceptors (Lipinski definition) is 5. The summed E-state index contributed by atoms with van der Waals surface area (Å²) in [5.41, 5.74) is 5.59. The van der Waals surface area contributed by atoms with E-state index >= 15 is 0 Å². The van der Waals surface area contributed by atoms with E-state index in [4.69, 9.17) is 15.2 Å². The van der Waals surface area contributed by atoms with Crippen LogP contribution in [0.3, 0.4) is 0 Å². The monoisotopic (exact) mass is 231 g/mol. The normalized spacial score (nSPS) is 11.9. The lowest BCUT2D eigenvalue weighted by Crippen LogP contribution is -2.32. The van der Waals surface area contributed by atoms with Crippen LogP contribution < -0.4 is 5.73 Å². The van der Waals surface area contributed by atoms with Crippen molar-refractivity contribution in [2.75, 3.05) is 13.2 Å². The molecule has 0 spiro atoms. The van der Waals surface area contributed by atoms with E-state index in [1.54, 1.807) is 13.8 Å². The van der Waals surface area contributed by atoms with Crippen molar-refractivity contribution in [2.45, 2.75) is 45.6 Å². The molecule has 1 atom stereocenters. The molecule has 5 nitrogen and oxygen atoms in total. The van der Waals surface area contributed by atoms with Gasteiger partial charge >= 0.3 is 11.9 Å².